The molecule has 88 valence electrons. The summed E-state index contributed by atoms with van der Waals surface area (Å²) in [5.74, 6) is 1.98. The normalized spacial score (nSPS) is 25.9. The van der Waals surface area contributed by atoms with Gasteiger partial charge in [-0.2, -0.15) is 5.10 Å². The number of nitrogens with zero attached hydrogens (tertiary/aromatic N) is 2. The minimum atomic E-state index is -0.0335. The van der Waals surface area contributed by atoms with Gasteiger partial charge in [0.25, 0.3) is 0 Å². The number of H-pyrrole nitrogens is 1. The highest BCUT2D eigenvalue weighted by Crippen LogP contribution is 2.33. The van der Waals surface area contributed by atoms with E-state index in [-0.39, 0.29) is 5.69 Å². The molecule has 1 saturated heterocycles. The second-order valence-electron chi connectivity index (χ2n) is 4.98. The summed E-state index contributed by atoms with van der Waals surface area (Å²) < 4.78 is 1.62. The first-order valence-corrected chi connectivity index (χ1v) is 6.20. The second kappa shape index (κ2) is 4.05. The first-order valence-electron chi connectivity index (χ1n) is 6.20. The van der Waals surface area contributed by atoms with Crippen LogP contribution in [0.3, 0.4) is 0 Å². The van der Waals surface area contributed by atoms with Crippen LogP contribution in [0.5, 0.6) is 0 Å². The number of hydrogen-bond donors (Lipinski definition) is 2. The summed E-state index contributed by atoms with van der Waals surface area (Å²) in [6, 6.07) is 0. The van der Waals surface area contributed by atoms with Crippen LogP contribution in [-0.4, -0.2) is 27.9 Å². The van der Waals surface area contributed by atoms with Crippen LogP contribution in [0, 0.1) is 5.92 Å². The van der Waals surface area contributed by atoms with Crippen LogP contribution in [0.4, 0.5) is 0 Å². The molecule has 1 aliphatic heterocycles. The van der Waals surface area contributed by atoms with E-state index < -0.39 is 0 Å². The third-order valence-electron chi connectivity index (χ3n) is 3.78. The van der Waals surface area contributed by atoms with Crippen LogP contribution in [0.15, 0.2) is 4.79 Å². The molecule has 0 amide bonds. The Kier molecular flexibility index (Phi) is 2.55. The van der Waals surface area contributed by atoms with Gasteiger partial charge in [-0.05, 0) is 38.3 Å². The molecule has 16 heavy (non-hydrogen) atoms. The lowest BCUT2D eigenvalue weighted by atomic mass is 9.85. The van der Waals surface area contributed by atoms with Crippen LogP contribution >= 0.6 is 0 Å². The minimum absolute atomic E-state index is 0.0335. The first kappa shape index (κ1) is 10.1. The molecule has 3 rings (SSSR count). The number of hydrogen-bond acceptors (Lipinski definition) is 3. The smallest absolute Gasteiger partial charge is 0.316 e. The van der Waals surface area contributed by atoms with Gasteiger partial charge in [-0.25, -0.2) is 9.48 Å². The van der Waals surface area contributed by atoms with Crippen molar-refractivity contribution in [1.29, 1.82) is 0 Å². The van der Waals surface area contributed by atoms with Crippen molar-refractivity contribution in [3.8, 4) is 0 Å². The highest BCUT2D eigenvalue weighted by atomic mass is 16.1. The minimum Gasteiger partial charge on any atom is -0.316 e. The summed E-state index contributed by atoms with van der Waals surface area (Å²) in [5.41, 5.74) is -0.0335. The van der Waals surface area contributed by atoms with Crippen molar-refractivity contribution in [2.75, 3.05) is 13.1 Å². The maximum atomic E-state index is 11.7. The largest absolute Gasteiger partial charge is 0.343 e. The third kappa shape index (κ3) is 1.80. The molecule has 5 heteroatoms. The molecule has 0 bridgehead atoms. The fourth-order valence-electron chi connectivity index (χ4n) is 2.48. The van der Waals surface area contributed by atoms with E-state index in [1.807, 2.05) is 0 Å². The lowest BCUT2D eigenvalue weighted by Crippen LogP contribution is -2.24. The summed E-state index contributed by atoms with van der Waals surface area (Å²) >= 11 is 0. The lowest BCUT2D eigenvalue weighted by Gasteiger charge is -2.22. The van der Waals surface area contributed by atoms with E-state index in [1.165, 1.54) is 19.3 Å². The van der Waals surface area contributed by atoms with Crippen molar-refractivity contribution in [1.82, 2.24) is 20.1 Å². The molecule has 0 spiro atoms. The number of aromatic nitrogens is 3. The monoisotopic (exact) mass is 222 g/mol. The Morgan fingerprint density at radius 2 is 2.25 bits per heavy atom. The molecule has 5 nitrogen and oxygen atoms in total. The fourth-order valence-corrected chi connectivity index (χ4v) is 2.48. The average molecular weight is 222 g/mol. The number of rotatable bonds is 3. The second-order valence-corrected chi connectivity index (χ2v) is 4.98. The topological polar surface area (TPSA) is 62.7 Å². The van der Waals surface area contributed by atoms with E-state index in [4.69, 9.17) is 0 Å². The predicted molar refractivity (Wildman–Crippen MR) is 60.4 cm³/mol. The molecular formula is C11H18N4O. The van der Waals surface area contributed by atoms with Gasteiger partial charge in [0.1, 0.15) is 5.82 Å². The van der Waals surface area contributed by atoms with E-state index in [2.05, 4.69) is 15.4 Å². The van der Waals surface area contributed by atoms with Gasteiger partial charge in [-0.15, -0.1) is 0 Å². The van der Waals surface area contributed by atoms with Gasteiger partial charge in [0.2, 0.25) is 0 Å². The van der Waals surface area contributed by atoms with Gasteiger partial charge in [0, 0.05) is 5.92 Å². The molecule has 0 aromatic carbocycles. The zero-order valence-electron chi connectivity index (χ0n) is 9.41. The average Bonchev–Trinajstić information content (AvgIpc) is 2.76. The Bertz CT molecular complexity index is 412. The Morgan fingerprint density at radius 1 is 1.38 bits per heavy atom. The molecule has 1 unspecified atom stereocenters. The van der Waals surface area contributed by atoms with Crippen LogP contribution in [0.25, 0.3) is 0 Å². The van der Waals surface area contributed by atoms with Crippen molar-refractivity contribution in [3.05, 3.63) is 16.3 Å². The van der Waals surface area contributed by atoms with E-state index in [9.17, 15) is 4.79 Å². The summed E-state index contributed by atoms with van der Waals surface area (Å²) in [6.45, 7) is 2.84. The molecule has 1 saturated carbocycles. The maximum absolute atomic E-state index is 11.7. The van der Waals surface area contributed by atoms with Gasteiger partial charge in [0.05, 0.1) is 6.54 Å². The zero-order valence-corrected chi connectivity index (χ0v) is 9.41. The molecule has 2 heterocycles. The van der Waals surface area contributed by atoms with Crippen molar-refractivity contribution < 1.29 is 0 Å². The van der Waals surface area contributed by atoms with Gasteiger partial charge < -0.3 is 5.32 Å². The molecule has 0 radical (unpaired) electrons. The SMILES string of the molecule is O=c1[nH]c(C2CCC2)nn1CC1CCNC1. The van der Waals surface area contributed by atoms with E-state index in [0.717, 1.165) is 31.9 Å². The van der Waals surface area contributed by atoms with Crippen molar-refractivity contribution in [2.24, 2.45) is 5.92 Å². The Morgan fingerprint density at radius 3 is 2.88 bits per heavy atom. The standard InChI is InChI=1S/C11H18N4O/c16-11-13-10(9-2-1-3-9)14-15(11)7-8-4-5-12-6-8/h8-9,12H,1-7H2,(H,13,14,16). The van der Waals surface area contributed by atoms with E-state index >= 15 is 0 Å². The van der Waals surface area contributed by atoms with Crippen molar-refractivity contribution in [3.63, 3.8) is 0 Å². The zero-order chi connectivity index (χ0) is 11.0. The molecular weight excluding hydrogens is 204 g/mol. The summed E-state index contributed by atoms with van der Waals surface area (Å²) in [5, 5.41) is 7.73. The summed E-state index contributed by atoms with van der Waals surface area (Å²) in [6.07, 6.45) is 4.78. The van der Waals surface area contributed by atoms with E-state index in [0.29, 0.717) is 11.8 Å². The highest BCUT2D eigenvalue weighted by Gasteiger charge is 2.24. The molecule has 1 aromatic rings. The van der Waals surface area contributed by atoms with Crippen LogP contribution in [0.1, 0.15) is 37.4 Å². The van der Waals surface area contributed by atoms with E-state index in [1.54, 1.807) is 4.68 Å². The lowest BCUT2D eigenvalue weighted by molar-refractivity contribution is 0.391. The quantitative estimate of drug-likeness (QED) is 0.780. The van der Waals surface area contributed by atoms with Crippen molar-refractivity contribution in [2.45, 2.75) is 38.1 Å². The predicted octanol–water partition coefficient (Wildman–Crippen LogP) is 0.448. The van der Waals surface area contributed by atoms with Crippen molar-refractivity contribution >= 4 is 0 Å². The maximum Gasteiger partial charge on any atom is 0.343 e. The van der Waals surface area contributed by atoms with Crippen LogP contribution in [0.2, 0.25) is 0 Å². The fraction of sp³-hybridized carbons (Fsp3) is 0.818. The Hall–Kier alpha value is -1.10. The van der Waals surface area contributed by atoms with Gasteiger partial charge in [-0.1, -0.05) is 6.42 Å². The summed E-state index contributed by atoms with van der Waals surface area (Å²) in [7, 11) is 0. The van der Waals surface area contributed by atoms with Crippen LogP contribution < -0.4 is 11.0 Å². The molecule has 2 fully saturated rings. The van der Waals surface area contributed by atoms with Gasteiger partial charge in [0.15, 0.2) is 0 Å². The third-order valence-corrected chi connectivity index (χ3v) is 3.78. The highest BCUT2D eigenvalue weighted by molar-refractivity contribution is 4.98. The number of aromatic amines is 1. The first-order chi connectivity index (χ1) is 7.83. The summed E-state index contributed by atoms with van der Waals surface area (Å²) in [4.78, 5) is 14.6. The molecule has 2 aliphatic rings. The molecule has 1 aromatic heterocycles. The Labute approximate surface area is 94.2 Å². The molecule has 1 atom stereocenters. The molecule has 1 aliphatic carbocycles. The number of nitrogens with one attached hydrogen (secondary N) is 2. The van der Waals surface area contributed by atoms with Gasteiger partial charge >= 0.3 is 5.69 Å². The van der Waals surface area contributed by atoms with Gasteiger partial charge in [-0.3, -0.25) is 4.98 Å². The van der Waals surface area contributed by atoms with Crippen LogP contribution in [-0.2, 0) is 6.54 Å². The Balaban J connectivity index is 1.73. The molecule has 2 N–H and O–H groups in total.